The fraction of sp³-hybridized carbons (Fsp3) is 0.955. The third-order valence-electron chi connectivity index (χ3n) is 9.84. The van der Waals surface area contributed by atoms with Crippen molar-refractivity contribution >= 4 is 11.8 Å². The van der Waals surface area contributed by atoms with Crippen LogP contribution in [-0.2, 0) is 23.8 Å². The summed E-state index contributed by atoms with van der Waals surface area (Å²) in [6.07, 6.45) is 44.7. The molecule has 0 bridgehead atoms. The molecule has 0 N–H and O–H groups in total. The maximum absolute atomic E-state index is 11.7. The molecule has 0 aromatic heterocycles. The molecule has 0 saturated heterocycles. The number of unbranched alkanes of at least 4 members (excludes halogenated alkanes) is 30. The lowest BCUT2D eigenvalue weighted by Gasteiger charge is -2.19. The molecule has 0 heterocycles. The van der Waals surface area contributed by atoms with E-state index in [9.17, 15) is 9.59 Å². The fourth-order valence-corrected chi connectivity index (χ4v) is 6.63. The second kappa shape index (κ2) is 41.5. The Morgan fingerprint density at radius 2 is 0.673 bits per heavy atom. The maximum Gasteiger partial charge on any atom is 0.313 e. The van der Waals surface area contributed by atoms with Crippen LogP contribution in [0.4, 0.5) is 0 Å². The molecule has 0 aliphatic heterocycles. The van der Waals surface area contributed by atoms with Crippen LogP contribution >= 0.6 is 0 Å². The minimum atomic E-state index is -0.438. The van der Waals surface area contributed by atoms with E-state index in [1.54, 1.807) is 0 Å². The highest BCUT2D eigenvalue weighted by Gasteiger charge is 2.11. The van der Waals surface area contributed by atoms with Crippen LogP contribution in [0.15, 0.2) is 0 Å². The van der Waals surface area contributed by atoms with Crippen LogP contribution in [0.1, 0.15) is 245 Å². The average molecular weight is 695 g/mol. The third kappa shape index (κ3) is 41.4. The number of carbonyl (C=O) groups is 2. The smallest absolute Gasteiger partial charge is 0.313 e. The predicted molar refractivity (Wildman–Crippen MR) is 210 cm³/mol. The molecule has 0 radical (unpaired) electrons. The number of hydrogen-bond donors (Lipinski definition) is 0. The lowest BCUT2D eigenvalue weighted by molar-refractivity contribution is -0.154. The molecule has 0 aromatic rings. The summed E-state index contributed by atoms with van der Waals surface area (Å²) >= 11 is 0. The molecule has 0 aliphatic rings. The second-order valence-corrected chi connectivity index (χ2v) is 15.0. The maximum atomic E-state index is 11.7. The molecule has 0 atom stereocenters. The molecule has 0 saturated carbocycles. The summed E-state index contributed by atoms with van der Waals surface area (Å²) in [5, 5.41) is 0. The number of esters is 1. The van der Waals surface area contributed by atoms with Gasteiger partial charge in [-0.3, -0.25) is 9.59 Å². The lowest BCUT2D eigenvalue weighted by Crippen LogP contribution is -2.20. The van der Waals surface area contributed by atoms with Crippen molar-refractivity contribution in [3.8, 4) is 0 Å². The van der Waals surface area contributed by atoms with Gasteiger partial charge in [-0.15, -0.1) is 0 Å². The Kier molecular flexibility index (Phi) is 40.7. The first-order valence-electron chi connectivity index (χ1n) is 22.0. The first-order valence-corrected chi connectivity index (χ1v) is 22.0. The van der Waals surface area contributed by atoms with Crippen molar-refractivity contribution in [2.45, 2.75) is 252 Å². The van der Waals surface area contributed by atoms with Crippen LogP contribution in [0, 0.1) is 0 Å². The summed E-state index contributed by atoms with van der Waals surface area (Å²) in [5.74, 6) is -0.598. The predicted octanol–water partition coefficient (Wildman–Crippen LogP) is 14.2. The summed E-state index contributed by atoms with van der Waals surface area (Å²) in [5.41, 5.74) is 0. The van der Waals surface area contributed by atoms with E-state index in [1.165, 1.54) is 200 Å². The van der Waals surface area contributed by atoms with Crippen LogP contribution in [0.5, 0.6) is 0 Å². The van der Waals surface area contributed by atoms with Crippen molar-refractivity contribution in [3.05, 3.63) is 0 Å². The van der Waals surface area contributed by atoms with Gasteiger partial charge in [0.25, 0.3) is 0 Å². The van der Waals surface area contributed by atoms with E-state index in [0.717, 1.165) is 26.1 Å². The van der Waals surface area contributed by atoms with Gasteiger partial charge in [0.15, 0.2) is 6.29 Å². The molecule has 0 rings (SSSR count). The van der Waals surface area contributed by atoms with Crippen molar-refractivity contribution in [1.82, 2.24) is 0 Å². The van der Waals surface area contributed by atoms with Gasteiger partial charge in [0, 0.05) is 19.6 Å². The Bertz CT molecular complexity index is 628. The zero-order valence-corrected chi connectivity index (χ0v) is 33.5. The molecule has 0 aliphatic carbocycles. The van der Waals surface area contributed by atoms with E-state index in [-0.39, 0.29) is 18.5 Å². The van der Waals surface area contributed by atoms with Crippen LogP contribution in [-0.4, -0.2) is 37.9 Å². The van der Waals surface area contributed by atoms with Gasteiger partial charge in [0.2, 0.25) is 0 Å². The van der Waals surface area contributed by atoms with Gasteiger partial charge in [-0.1, -0.05) is 206 Å². The quantitative estimate of drug-likeness (QED) is 0.0275. The Morgan fingerprint density at radius 3 is 0.959 bits per heavy atom. The summed E-state index contributed by atoms with van der Waals surface area (Å²) in [6, 6.07) is 0. The topological polar surface area (TPSA) is 61.8 Å². The summed E-state index contributed by atoms with van der Waals surface area (Å²) in [4.78, 5) is 22.8. The van der Waals surface area contributed by atoms with Crippen molar-refractivity contribution < 1.29 is 23.8 Å². The van der Waals surface area contributed by atoms with Crippen LogP contribution < -0.4 is 0 Å². The highest BCUT2D eigenvalue weighted by Crippen LogP contribution is 2.16. The van der Waals surface area contributed by atoms with Gasteiger partial charge >= 0.3 is 5.97 Å². The van der Waals surface area contributed by atoms with E-state index in [1.807, 2.05) is 0 Å². The summed E-state index contributed by atoms with van der Waals surface area (Å²) in [6.45, 7) is 7.76. The Morgan fingerprint density at radius 1 is 0.388 bits per heavy atom. The van der Waals surface area contributed by atoms with Gasteiger partial charge in [0.1, 0.15) is 12.2 Å². The van der Waals surface area contributed by atoms with E-state index < -0.39 is 5.97 Å². The third-order valence-corrected chi connectivity index (χ3v) is 9.84. The van der Waals surface area contributed by atoms with Crippen molar-refractivity contribution in [1.29, 1.82) is 0 Å². The SMILES string of the molecule is CCCCCCCCCCCCCCCCCCOC(CCCOC(=O)CC(C)=O)OCCCCCCCCCCCCCCCCCC. The number of ketones is 1. The number of hydrogen-bond acceptors (Lipinski definition) is 5. The molecule has 5 heteroatoms. The first kappa shape index (κ1) is 48.1. The molecule has 0 unspecified atom stereocenters. The number of rotatable bonds is 42. The van der Waals surface area contributed by atoms with Crippen LogP contribution in [0.2, 0.25) is 0 Å². The highest BCUT2D eigenvalue weighted by atomic mass is 16.7. The summed E-state index contributed by atoms with van der Waals surface area (Å²) < 4.78 is 17.5. The highest BCUT2D eigenvalue weighted by molar-refractivity contribution is 5.94. The molecule has 0 spiro atoms. The zero-order valence-electron chi connectivity index (χ0n) is 33.5. The molecule has 5 nitrogen and oxygen atoms in total. The second-order valence-electron chi connectivity index (χ2n) is 15.0. The van der Waals surface area contributed by atoms with Crippen molar-refractivity contribution in [3.63, 3.8) is 0 Å². The Labute approximate surface area is 306 Å². The zero-order chi connectivity index (χ0) is 35.7. The minimum Gasteiger partial charge on any atom is -0.465 e. The van der Waals surface area contributed by atoms with Gasteiger partial charge in [-0.05, 0) is 26.2 Å². The fourth-order valence-electron chi connectivity index (χ4n) is 6.63. The van der Waals surface area contributed by atoms with Gasteiger partial charge in [0.05, 0.1) is 6.61 Å². The molecule has 49 heavy (non-hydrogen) atoms. The number of ether oxygens (including phenoxy) is 3. The van der Waals surface area contributed by atoms with E-state index in [2.05, 4.69) is 13.8 Å². The Balaban J connectivity index is 3.85. The molecule has 0 aromatic carbocycles. The lowest BCUT2D eigenvalue weighted by atomic mass is 10.0. The van der Waals surface area contributed by atoms with Crippen molar-refractivity contribution in [2.24, 2.45) is 0 Å². The molecular weight excluding hydrogens is 608 g/mol. The summed E-state index contributed by atoms with van der Waals surface area (Å²) in [7, 11) is 0. The van der Waals surface area contributed by atoms with Gasteiger partial charge in [-0.2, -0.15) is 0 Å². The largest absolute Gasteiger partial charge is 0.465 e. The molecule has 292 valence electrons. The van der Waals surface area contributed by atoms with Crippen molar-refractivity contribution in [2.75, 3.05) is 19.8 Å². The molecule has 0 fully saturated rings. The van der Waals surface area contributed by atoms with Gasteiger partial charge < -0.3 is 14.2 Å². The van der Waals surface area contributed by atoms with E-state index in [4.69, 9.17) is 14.2 Å². The number of carbonyl (C=O) groups excluding carboxylic acids is 2. The average Bonchev–Trinajstić information content (AvgIpc) is 3.08. The van der Waals surface area contributed by atoms with Crippen LogP contribution in [0.25, 0.3) is 0 Å². The molecule has 0 amide bonds. The van der Waals surface area contributed by atoms with Crippen LogP contribution in [0.3, 0.4) is 0 Å². The van der Waals surface area contributed by atoms with Gasteiger partial charge in [-0.25, -0.2) is 0 Å². The van der Waals surface area contributed by atoms with E-state index >= 15 is 0 Å². The number of Topliss-reactive ketones (excluding diaryl/α,β-unsaturated/α-hetero) is 1. The Hall–Kier alpha value is -0.940. The molecular formula is C44H86O5. The first-order chi connectivity index (χ1) is 24.1. The van der Waals surface area contributed by atoms with E-state index in [0.29, 0.717) is 19.4 Å². The monoisotopic (exact) mass is 695 g/mol. The normalized spacial score (nSPS) is 11.5. The minimum absolute atomic E-state index is 0.144. The standard InChI is InChI=1S/C44H86O5/c1-4-6-8-10-12-14-16-18-20-22-24-26-28-30-32-34-38-48-44(37-36-40-47-43(46)41-42(3)45)49-39-35-33-31-29-27-25-23-21-19-17-15-13-11-9-7-5-2/h44H,4-41H2,1-3H3.